The van der Waals surface area contributed by atoms with Crippen LogP contribution in [0.15, 0.2) is 0 Å². The van der Waals surface area contributed by atoms with E-state index in [9.17, 15) is 13.2 Å². The number of aromatic carboxylic acids is 1. The zero-order valence-corrected chi connectivity index (χ0v) is 14.2. The average molecular weight is 345 g/mol. The van der Waals surface area contributed by atoms with Gasteiger partial charge in [0.2, 0.25) is 10.0 Å². The summed E-state index contributed by atoms with van der Waals surface area (Å²) in [5.74, 6) is -0.374. The maximum absolute atomic E-state index is 12.2. The van der Waals surface area contributed by atoms with E-state index in [2.05, 4.69) is 9.97 Å². The van der Waals surface area contributed by atoms with Gasteiger partial charge in [-0.25, -0.2) is 22.5 Å². The predicted molar refractivity (Wildman–Crippen MR) is 84.1 cm³/mol. The number of rotatable bonds is 7. The van der Waals surface area contributed by atoms with E-state index in [1.807, 2.05) is 6.92 Å². The molecule has 9 heteroatoms. The maximum Gasteiger partial charge on any atom is 0.356 e. The van der Waals surface area contributed by atoms with E-state index in [4.69, 9.17) is 9.84 Å². The number of hydrogen-bond acceptors (Lipinski definition) is 5. The standard InChI is InChI=1S/C14H23N3O5S/c1-3-22-8-9-23(20,21)17-6-4-11(5-7-17)13-15-10(2)12(16-13)14(18)19/h11H,3-9H2,1-2H3,(H,15,16)(H,18,19). The maximum atomic E-state index is 12.2. The van der Waals surface area contributed by atoms with E-state index in [0.29, 0.717) is 44.1 Å². The number of H-pyrrole nitrogens is 1. The molecule has 8 nitrogen and oxygen atoms in total. The highest BCUT2D eigenvalue weighted by molar-refractivity contribution is 7.89. The van der Waals surface area contributed by atoms with Crippen LogP contribution in [0.2, 0.25) is 0 Å². The topological polar surface area (TPSA) is 113 Å². The summed E-state index contributed by atoms with van der Waals surface area (Å²) in [6.45, 7) is 5.05. The zero-order valence-electron chi connectivity index (χ0n) is 13.4. The van der Waals surface area contributed by atoms with Crippen LogP contribution >= 0.6 is 0 Å². The second kappa shape index (κ2) is 7.41. The van der Waals surface area contributed by atoms with Gasteiger partial charge in [-0.05, 0) is 26.7 Å². The van der Waals surface area contributed by atoms with Crippen LogP contribution in [0.3, 0.4) is 0 Å². The Hall–Kier alpha value is -1.45. The molecular formula is C14H23N3O5S. The van der Waals surface area contributed by atoms with Crippen LogP contribution < -0.4 is 0 Å². The molecule has 0 spiro atoms. The molecule has 23 heavy (non-hydrogen) atoms. The number of hydrogen-bond donors (Lipinski definition) is 2. The number of aromatic nitrogens is 2. The number of nitrogens with zero attached hydrogens (tertiary/aromatic N) is 2. The minimum absolute atomic E-state index is 0.00543. The molecule has 2 N–H and O–H groups in total. The fourth-order valence-corrected chi connectivity index (χ4v) is 4.08. The van der Waals surface area contributed by atoms with Crippen LogP contribution in [-0.4, -0.2) is 65.8 Å². The van der Waals surface area contributed by atoms with E-state index in [0.717, 1.165) is 0 Å². The number of aryl methyl sites for hydroxylation is 1. The van der Waals surface area contributed by atoms with Gasteiger partial charge in [0.15, 0.2) is 5.69 Å². The molecule has 0 unspecified atom stereocenters. The summed E-state index contributed by atoms with van der Waals surface area (Å²) in [4.78, 5) is 18.2. The molecule has 0 aliphatic carbocycles. The fourth-order valence-electron chi connectivity index (χ4n) is 2.73. The van der Waals surface area contributed by atoms with Gasteiger partial charge in [-0.2, -0.15) is 0 Å². The number of aromatic amines is 1. The fraction of sp³-hybridized carbons (Fsp3) is 0.714. The van der Waals surface area contributed by atoms with Crippen molar-refractivity contribution in [3.63, 3.8) is 0 Å². The smallest absolute Gasteiger partial charge is 0.356 e. The highest BCUT2D eigenvalue weighted by atomic mass is 32.2. The lowest BCUT2D eigenvalue weighted by Gasteiger charge is -2.30. The van der Waals surface area contributed by atoms with Gasteiger partial charge in [0.25, 0.3) is 0 Å². The van der Waals surface area contributed by atoms with E-state index in [-0.39, 0.29) is 24.0 Å². The van der Waals surface area contributed by atoms with Crippen LogP contribution in [0.5, 0.6) is 0 Å². The summed E-state index contributed by atoms with van der Waals surface area (Å²) in [5.41, 5.74) is 0.561. The largest absolute Gasteiger partial charge is 0.476 e. The van der Waals surface area contributed by atoms with Gasteiger partial charge >= 0.3 is 5.97 Å². The lowest BCUT2D eigenvalue weighted by Crippen LogP contribution is -2.40. The number of ether oxygens (including phenoxy) is 1. The third-order valence-electron chi connectivity index (χ3n) is 4.03. The second-order valence-electron chi connectivity index (χ2n) is 5.59. The number of piperidine rings is 1. The van der Waals surface area contributed by atoms with E-state index >= 15 is 0 Å². The SMILES string of the molecule is CCOCCS(=O)(=O)N1CCC(c2nc(C(=O)O)c(C)[nH]2)CC1. The van der Waals surface area contributed by atoms with Gasteiger partial charge in [0.1, 0.15) is 5.82 Å². The first-order valence-electron chi connectivity index (χ1n) is 7.70. The number of sulfonamides is 1. The van der Waals surface area contributed by atoms with Crippen LogP contribution in [0.25, 0.3) is 0 Å². The van der Waals surface area contributed by atoms with Gasteiger partial charge < -0.3 is 14.8 Å². The molecule has 0 saturated carbocycles. The number of imidazole rings is 1. The predicted octanol–water partition coefficient (Wildman–Crippen LogP) is 0.962. The highest BCUT2D eigenvalue weighted by Gasteiger charge is 2.30. The van der Waals surface area contributed by atoms with Crippen molar-refractivity contribution in [2.24, 2.45) is 0 Å². The Morgan fingerprint density at radius 3 is 2.61 bits per heavy atom. The monoisotopic (exact) mass is 345 g/mol. The first-order valence-corrected chi connectivity index (χ1v) is 9.31. The molecule has 2 rings (SSSR count). The van der Waals surface area contributed by atoms with Crippen molar-refractivity contribution in [3.8, 4) is 0 Å². The normalized spacial score (nSPS) is 17.5. The van der Waals surface area contributed by atoms with Crippen molar-refractivity contribution in [3.05, 3.63) is 17.2 Å². The van der Waals surface area contributed by atoms with Crippen molar-refractivity contribution in [2.45, 2.75) is 32.6 Å². The molecule has 0 aromatic carbocycles. The number of nitrogens with one attached hydrogen (secondary N) is 1. The first kappa shape index (κ1) is 17.9. The van der Waals surface area contributed by atoms with E-state index in [1.54, 1.807) is 6.92 Å². The molecule has 1 aliphatic heterocycles. The second-order valence-corrected chi connectivity index (χ2v) is 7.68. The molecule has 1 aromatic rings. The minimum Gasteiger partial charge on any atom is -0.476 e. The number of carboxylic acids is 1. The van der Waals surface area contributed by atoms with Crippen LogP contribution in [0.1, 0.15) is 47.7 Å². The van der Waals surface area contributed by atoms with Crippen molar-refractivity contribution in [2.75, 3.05) is 32.1 Å². The Bertz CT molecular complexity index is 647. The van der Waals surface area contributed by atoms with Crippen molar-refractivity contribution in [1.29, 1.82) is 0 Å². The molecule has 1 saturated heterocycles. The minimum atomic E-state index is -3.29. The quantitative estimate of drug-likeness (QED) is 0.712. The van der Waals surface area contributed by atoms with Crippen molar-refractivity contribution in [1.82, 2.24) is 14.3 Å². The number of carboxylic acid groups (broad SMARTS) is 1. The molecule has 130 valence electrons. The Balaban J connectivity index is 1.96. The summed E-state index contributed by atoms with van der Waals surface area (Å²) in [6.07, 6.45) is 1.25. The number of carbonyl (C=O) groups is 1. The molecule has 1 fully saturated rings. The molecule has 0 atom stereocenters. The van der Waals surface area contributed by atoms with Gasteiger partial charge in [-0.1, -0.05) is 0 Å². The van der Waals surface area contributed by atoms with Gasteiger partial charge in [-0.3, -0.25) is 0 Å². The molecule has 2 heterocycles. The van der Waals surface area contributed by atoms with Crippen molar-refractivity contribution >= 4 is 16.0 Å². The lowest BCUT2D eigenvalue weighted by molar-refractivity contribution is 0.0690. The summed E-state index contributed by atoms with van der Waals surface area (Å²) in [5, 5.41) is 9.05. The molecule has 0 amide bonds. The van der Waals surface area contributed by atoms with Gasteiger partial charge in [0.05, 0.1) is 12.4 Å². The molecular weight excluding hydrogens is 322 g/mol. The Labute approximate surface area is 135 Å². The Morgan fingerprint density at radius 1 is 1.43 bits per heavy atom. The van der Waals surface area contributed by atoms with Crippen LogP contribution in [0, 0.1) is 6.92 Å². The molecule has 0 radical (unpaired) electrons. The summed E-state index contributed by atoms with van der Waals surface area (Å²) < 4.78 is 31.0. The summed E-state index contributed by atoms with van der Waals surface area (Å²) >= 11 is 0. The van der Waals surface area contributed by atoms with Crippen LogP contribution in [-0.2, 0) is 14.8 Å². The van der Waals surface area contributed by atoms with E-state index in [1.165, 1.54) is 4.31 Å². The van der Waals surface area contributed by atoms with E-state index < -0.39 is 16.0 Å². The molecule has 1 aromatic heterocycles. The zero-order chi connectivity index (χ0) is 17.0. The van der Waals surface area contributed by atoms with Gasteiger partial charge in [0, 0.05) is 31.3 Å². The van der Waals surface area contributed by atoms with Crippen LogP contribution in [0.4, 0.5) is 0 Å². The third-order valence-corrected chi connectivity index (χ3v) is 5.86. The average Bonchev–Trinajstić information content (AvgIpc) is 2.90. The lowest BCUT2D eigenvalue weighted by atomic mass is 9.97. The Kier molecular flexibility index (Phi) is 5.77. The summed E-state index contributed by atoms with van der Waals surface area (Å²) in [6, 6.07) is 0. The van der Waals surface area contributed by atoms with Crippen molar-refractivity contribution < 1.29 is 23.1 Å². The molecule has 0 bridgehead atoms. The highest BCUT2D eigenvalue weighted by Crippen LogP contribution is 2.28. The molecule has 1 aliphatic rings. The Morgan fingerprint density at radius 2 is 2.09 bits per heavy atom. The third kappa shape index (κ3) is 4.30. The van der Waals surface area contributed by atoms with Gasteiger partial charge in [-0.15, -0.1) is 0 Å². The summed E-state index contributed by atoms with van der Waals surface area (Å²) in [7, 11) is -3.29. The first-order chi connectivity index (χ1) is 10.8.